The maximum atomic E-state index is 11.2. The van der Waals surface area contributed by atoms with Gasteiger partial charge in [-0.05, 0) is 18.1 Å². The van der Waals surface area contributed by atoms with Crippen LogP contribution in [0.2, 0.25) is 0 Å². The van der Waals surface area contributed by atoms with Gasteiger partial charge in [-0.2, -0.15) is 0 Å². The molecule has 20 heavy (non-hydrogen) atoms. The number of rotatable bonds is 8. The number of hydrogen-bond donors (Lipinski definition) is 2. The molecular weight excluding hydrogens is 260 g/mol. The predicted molar refractivity (Wildman–Crippen MR) is 76.5 cm³/mol. The number of aromatic carboxylic acids is 1. The number of anilines is 1. The van der Waals surface area contributed by atoms with Crippen LogP contribution in [-0.4, -0.2) is 54.6 Å². The number of aromatic nitrogens is 1. The average molecular weight is 282 g/mol. The van der Waals surface area contributed by atoms with Gasteiger partial charge in [-0.3, -0.25) is 0 Å². The summed E-state index contributed by atoms with van der Waals surface area (Å²) >= 11 is 0. The third-order valence-electron chi connectivity index (χ3n) is 2.93. The Kier molecular flexibility index (Phi) is 6.41. The predicted octanol–water partition coefficient (Wildman–Crippen LogP) is 1.35. The molecule has 0 saturated heterocycles. The molecule has 0 aliphatic carbocycles. The molecule has 1 aromatic rings. The molecule has 6 nitrogen and oxygen atoms in total. The molecule has 0 aromatic carbocycles. The monoisotopic (exact) mass is 282 g/mol. The van der Waals surface area contributed by atoms with Crippen LogP contribution in [0, 0.1) is 0 Å². The molecular formula is C14H22N2O4. The summed E-state index contributed by atoms with van der Waals surface area (Å²) < 4.78 is 5.03. The third kappa shape index (κ3) is 4.47. The van der Waals surface area contributed by atoms with Crippen LogP contribution < -0.4 is 4.90 Å². The molecule has 0 spiro atoms. The minimum Gasteiger partial charge on any atom is -0.478 e. The highest BCUT2D eigenvalue weighted by Gasteiger charge is 2.15. The number of nitrogens with zero attached hydrogens (tertiary/aromatic N) is 2. The van der Waals surface area contributed by atoms with Gasteiger partial charge in [0.15, 0.2) is 0 Å². The second-order valence-electron chi connectivity index (χ2n) is 4.80. The lowest BCUT2D eigenvalue weighted by molar-refractivity contribution is 0.0696. The Bertz CT molecular complexity index is 449. The highest BCUT2D eigenvalue weighted by molar-refractivity contribution is 5.88. The fourth-order valence-corrected chi connectivity index (χ4v) is 1.78. The summed E-state index contributed by atoms with van der Waals surface area (Å²) in [5, 5.41) is 18.3. The first-order chi connectivity index (χ1) is 9.49. The number of methoxy groups -OCH3 is 1. The quantitative estimate of drug-likeness (QED) is 0.749. The molecule has 0 amide bonds. The van der Waals surface area contributed by atoms with Crippen molar-refractivity contribution in [3.8, 4) is 0 Å². The minimum atomic E-state index is -0.980. The Morgan fingerprint density at radius 2 is 2.10 bits per heavy atom. The Hall–Kier alpha value is -1.66. The zero-order valence-corrected chi connectivity index (χ0v) is 12.2. The van der Waals surface area contributed by atoms with Gasteiger partial charge >= 0.3 is 5.97 Å². The van der Waals surface area contributed by atoms with E-state index in [4.69, 9.17) is 9.84 Å². The van der Waals surface area contributed by atoms with Crippen molar-refractivity contribution >= 4 is 11.8 Å². The maximum absolute atomic E-state index is 11.2. The smallest absolute Gasteiger partial charge is 0.335 e. The zero-order valence-electron chi connectivity index (χ0n) is 12.2. The molecule has 0 radical (unpaired) electrons. The number of ether oxygens (including phenoxy) is 1. The molecule has 1 aromatic heterocycles. The summed E-state index contributed by atoms with van der Waals surface area (Å²) in [6.45, 7) is 5.31. The number of aliphatic hydroxyl groups excluding tert-OH is 1. The molecule has 0 fully saturated rings. The van der Waals surface area contributed by atoms with E-state index in [1.165, 1.54) is 6.07 Å². The van der Waals surface area contributed by atoms with Crippen LogP contribution in [0.4, 0.5) is 5.82 Å². The highest BCUT2D eigenvalue weighted by atomic mass is 16.5. The number of carboxylic acids is 1. The first kappa shape index (κ1) is 16.4. The van der Waals surface area contributed by atoms with Crippen molar-refractivity contribution in [2.24, 2.45) is 0 Å². The van der Waals surface area contributed by atoms with Gasteiger partial charge in [0.1, 0.15) is 5.82 Å². The van der Waals surface area contributed by atoms with Gasteiger partial charge in [0.05, 0.1) is 18.8 Å². The van der Waals surface area contributed by atoms with Crippen molar-refractivity contribution in [2.75, 3.05) is 38.3 Å². The van der Waals surface area contributed by atoms with Gasteiger partial charge < -0.3 is 19.8 Å². The summed E-state index contributed by atoms with van der Waals surface area (Å²) in [5.41, 5.74) is 0.930. The summed E-state index contributed by atoms with van der Waals surface area (Å²) in [4.78, 5) is 17.5. The second-order valence-corrected chi connectivity index (χ2v) is 4.80. The van der Waals surface area contributed by atoms with E-state index in [9.17, 15) is 9.90 Å². The lowest BCUT2D eigenvalue weighted by atomic mass is 10.1. The van der Waals surface area contributed by atoms with E-state index in [1.807, 2.05) is 18.7 Å². The third-order valence-corrected chi connectivity index (χ3v) is 2.93. The fourth-order valence-electron chi connectivity index (χ4n) is 1.78. The largest absolute Gasteiger partial charge is 0.478 e. The lowest BCUT2D eigenvalue weighted by Crippen LogP contribution is -2.31. The van der Waals surface area contributed by atoms with Crippen LogP contribution in [0.1, 0.15) is 35.8 Å². The summed E-state index contributed by atoms with van der Waals surface area (Å²) in [7, 11) is 1.60. The van der Waals surface area contributed by atoms with E-state index >= 15 is 0 Å². The van der Waals surface area contributed by atoms with Crippen LogP contribution in [0.15, 0.2) is 12.1 Å². The first-order valence-corrected chi connectivity index (χ1v) is 6.59. The number of carboxylic acid groups (broad SMARTS) is 1. The summed E-state index contributed by atoms with van der Waals surface area (Å²) in [6, 6.07) is 3.11. The van der Waals surface area contributed by atoms with Crippen LogP contribution >= 0.6 is 0 Å². The number of pyridine rings is 1. The zero-order chi connectivity index (χ0) is 15.1. The van der Waals surface area contributed by atoms with Gasteiger partial charge in [0, 0.05) is 25.9 Å². The molecule has 0 aliphatic heterocycles. The minimum absolute atomic E-state index is 0.0281. The standard InChI is InChI=1S/C14H22N2O4/c1-10(2)12-8-11(14(18)19)9-13(15-12)16(4-6-17)5-7-20-3/h8-10,17H,4-7H2,1-3H3,(H,18,19). The first-order valence-electron chi connectivity index (χ1n) is 6.59. The van der Waals surface area contributed by atoms with E-state index in [1.54, 1.807) is 13.2 Å². The normalized spacial score (nSPS) is 10.8. The summed E-state index contributed by atoms with van der Waals surface area (Å²) in [6.07, 6.45) is 0. The van der Waals surface area contributed by atoms with Gasteiger partial charge in [0.25, 0.3) is 0 Å². The van der Waals surface area contributed by atoms with Gasteiger partial charge in [-0.25, -0.2) is 9.78 Å². The van der Waals surface area contributed by atoms with Gasteiger partial charge in [-0.15, -0.1) is 0 Å². The van der Waals surface area contributed by atoms with E-state index < -0.39 is 5.97 Å². The molecule has 0 aliphatic rings. The van der Waals surface area contributed by atoms with Crippen molar-refractivity contribution in [2.45, 2.75) is 19.8 Å². The SMILES string of the molecule is COCCN(CCO)c1cc(C(=O)O)cc(C(C)C)n1. The van der Waals surface area contributed by atoms with Crippen molar-refractivity contribution in [1.29, 1.82) is 0 Å². The number of hydrogen-bond acceptors (Lipinski definition) is 5. The molecule has 112 valence electrons. The van der Waals surface area contributed by atoms with Crippen molar-refractivity contribution in [3.63, 3.8) is 0 Å². The van der Waals surface area contributed by atoms with Crippen molar-refractivity contribution in [1.82, 2.24) is 4.98 Å². The molecule has 6 heteroatoms. The lowest BCUT2D eigenvalue weighted by Gasteiger charge is -2.23. The molecule has 1 heterocycles. The molecule has 1 rings (SSSR count). The summed E-state index contributed by atoms with van der Waals surface area (Å²) in [5.74, 6) is -0.294. The number of aliphatic hydroxyl groups is 1. The van der Waals surface area contributed by atoms with Crippen molar-refractivity contribution in [3.05, 3.63) is 23.4 Å². The van der Waals surface area contributed by atoms with Crippen LogP contribution in [0.25, 0.3) is 0 Å². The molecule has 0 unspecified atom stereocenters. The Balaban J connectivity index is 3.14. The molecule has 2 N–H and O–H groups in total. The second kappa shape index (κ2) is 7.81. The van der Waals surface area contributed by atoms with E-state index in [2.05, 4.69) is 4.98 Å². The molecule has 0 bridgehead atoms. The van der Waals surface area contributed by atoms with E-state index in [0.717, 1.165) is 5.69 Å². The Morgan fingerprint density at radius 1 is 1.40 bits per heavy atom. The molecule has 0 atom stereocenters. The number of carbonyl (C=O) groups is 1. The van der Waals surface area contributed by atoms with Crippen LogP contribution in [0.5, 0.6) is 0 Å². The Labute approximate surface area is 119 Å². The van der Waals surface area contributed by atoms with Gasteiger partial charge in [0.2, 0.25) is 0 Å². The highest BCUT2D eigenvalue weighted by Crippen LogP contribution is 2.20. The van der Waals surface area contributed by atoms with Crippen molar-refractivity contribution < 1.29 is 19.7 Å². The van der Waals surface area contributed by atoms with Crippen LogP contribution in [0.3, 0.4) is 0 Å². The topological polar surface area (TPSA) is 82.9 Å². The van der Waals surface area contributed by atoms with E-state index in [0.29, 0.717) is 25.5 Å². The van der Waals surface area contributed by atoms with Gasteiger partial charge in [-0.1, -0.05) is 13.8 Å². The maximum Gasteiger partial charge on any atom is 0.335 e. The fraction of sp³-hybridized carbons (Fsp3) is 0.571. The Morgan fingerprint density at radius 3 is 2.60 bits per heavy atom. The average Bonchev–Trinajstić information content (AvgIpc) is 2.42. The van der Waals surface area contributed by atoms with Crippen LogP contribution in [-0.2, 0) is 4.74 Å². The van der Waals surface area contributed by atoms with E-state index in [-0.39, 0.29) is 18.1 Å². The molecule has 0 saturated carbocycles.